The molecule has 2 rings (SSSR count). The third-order valence-electron chi connectivity index (χ3n) is 3.81. The van der Waals surface area contributed by atoms with Crippen LogP contribution in [0.25, 0.3) is 0 Å². The summed E-state index contributed by atoms with van der Waals surface area (Å²) in [6.45, 7) is 2.60. The predicted octanol–water partition coefficient (Wildman–Crippen LogP) is 2.43. The third-order valence-corrected chi connectivity index (χ3v) is 4.77. The lowest BCUT2D eigenvalue weighted by atomic mass is 9.95. The van der Waals surface area contributed by atoms with Crippen LogP contribution in [0.1, 0.15) is 36.6 Å². The van der Waals surface area contributed by atoms with Crippen LogP contribution >= 0.6 is 11.3 Å². The van der Waals surface area contributed by atoms with Crippen molar-refractivity contribution in [2.45, 2.75) is 39.2 Å². The third kappa shape index (κ3) is 3.15. The molecule has 1 fully saturated rings. The molecule has 2 unspecified atom stereocenters. The van der Waals surface area contributed by atoms with Crippen molar-refractivity contribution in [1.82, 2.24) is 5.32 Å². The van der Waals surface area contributed by atoms with Crippen molar-refractivity contribution in [3.8, 4) is 0 Å². The number of hydrogen-bond acceptors (Lipinski definition) is 3. The molecule has 0 saturated heterocycles. The number of hydrogen-bond donors (Lipinski definition) is 2. The van der Waals surface area contributed by atoms with E-state index in [9.17, 15) is 9.59 Å². The second-order valence-electron chi connectivity index (χ2n) is 4.92. The standard InChI is InChI=1S/C14H19NO3S/c1-2-9-6-7-19-12(9)8-15-13(16)10-4-3-5-11(10)14(17)18/h6-7,10-11H,2-5,8H2,1H3,(H,15,16)(H,17,18). The van der Waals surface area contributed by atoms with Crippen LogP contribution in [0.4, 0.5) is 0 Å². The van der Waals surface area contributed by atoms with Crippen molar-refractivity contribution in [2.24, 2.45) is 11.8 Å². The molecule has 0 aliphatic heterocycles. The maximum Gasteiger partial charge on any atom is 0.307 e. The number of aliphatic carboxylic acids is 1. The maximum absolute atomic E-state index is 12.1. The van der Waals surface area contributed by atoms with Gasteiger partial charge in [0.25, 0.3) is 0 Å². The van der Waals surface area contributed by atoms with Gasteiger partial charge in [0.2, 0.25) is 5.91 Å². The molecule has 1 heterocycles. The van der Waals surface area contributed by atoms with E-state index in [-0.39, 0.29) is 11.8 Å². The number of carboxylic acids is 1. The summed E-state index contributed by atoms with van der Waals surface area (Å²) >= 11 is 1.63. The molecule has 104 valence electrons. The van der Waals surface area contributed by atoms with Crippen LogP contribution in [0.2, 0.25) is 0 Å². The van der Waals surface area contributed by atoms with E-state index in [1.807, 2.05) is 5.38 Å². The van der Waals surface area contributed by atoms with Crippen LogP contribution in [0, 0.1) is 11.8 Å². The second kappa shape index (κ2) is 6.19. The number of thiophene rings is 1. The number of carbonyl (C=O) groups excluding carboxylic acids is 1. The number of rotatable bonds is 5. The van der Waals surface area contributed by atoms with Gasteiger partial charge in [-0.3, -0.25) is 9.59 Å². The lowest BCUT2D eigenvalue weighted by Gasteiger charge is -2.15. The zero-order chi connectivity index (χ0) is 13.8. The fraction of sp³-hybridized carbons (Fsp3) is 0.571. The van der Waals surface area contributed by atoms with Gasteiger partial charge >= 0.3 is 5.97 Å². The lowest BCUT2D eigenvalue weighted by molar-refractivity contribution is -0.146. The molecule has 0 spiro atoms. The highest BCUT2D eigenvalue weighted by Gasteiger charge is 2.37. The summed E-state index contributed by atoms with van der Waals surface area (Å²) in [5, 5.41) is 14.0. The van der Waals surface area contributed by atoms with E-state index < -0.39 is 11.9 Å². The molecule has 1 aliphatic carbocycles. The van der Waals surface area contributed by atoms with Crippen LogP contribution in [0.3, 0.4) is 0 Å². The number of carboxylic acid groups (broad SMARTS) is 1. The van der Waals surface area contributed by atoms with Gasteiger partial charge in [0.15, 0.2) is 0 Å². The van der Waals surface area contributed by atoms with Gasteiger partial charge < -0.3 is 10.4 Å². The number of carbonyl (C=O) groups is 2. The van der Waals surface area contributed by atoms with E-state index in [2.05, 4.69) is 18.3 Å². The molecular formula is C14H19NO3S. The van der Waals surface area contributed by atoms with Gasteiger partial charge in [-0.15, -0.1) is 11.3 Å². The van der Waals surface area contributed by atoms with Crippen molar-refractivity contribution in [1.29, 1.82) is 0 Å². The largest absolute Gasteiger partial charge is 0.481 e. The number of amides is 1. The summed E-state index contributed by atoms with van der Waals surface area (Å²) in [5.74, 6) is -1.82. The maximum atomic E-state index is 12.1. The number of aryl methyl sites for hydroxylation is 1. The van der Waals surface area contributed by atoms with E-state index >= 15 is 0 Å². The normalized spacial score (nSPS) is 22.4. The average molecular weight is 281 g/mol. The topological polar surface area (TPSA) is 66.4 Å². The summed E-state index contributed by atoms with van der Waals surface area (Å²) in [5.41, 5.74) is 1.26. The molecule has 1 aliphatic rings. The van der Waals surface area contributed by atoms with E-state index in [0.717, 1.165) is 12.8 Å². The Morgan fingerprint density at radius 3 is 2.84 bits per heavy atom. The first kappa shape index (κ1) is 14.1. The molecule has 0 aromatic carbocycles. The lowest BCUT2D eigenvalue weighted by Crippen LogP contribution is -2.34. The Kier molecular flexibility index (Phi) is 4.58. The Morgan fingerprint density at radius 2 is 2.16 bits per heavy atom. The van der Waals surface area contributed by atoms with E-state index in [0.29, 0.717) is 19.4 Å². The van der Waals surface area contributed by atoms with Gasteiger partial charge in [0, 0.05) is 4.88 Å². The minimum Gasteiger partial charge on any atom is -0.481 e. The van der Waals surface area contributed by atoms with Gasteiger partial charge in [-0.2, -0.15) is 0 Å². The SMILES string of the molecule is CCc1ccsc1CNC(=O)C1CCCC1C(=O)O. The minimum absolute atomic E-state index is 0.111. The summed E-state index contributed by atoms with van der Waals surface area (Å²) < 4.78 is 0. The first-order valence-electron chi connectivity index (χ1n) is 6.69. The smallest absolute Gasteiger partial charge is 0.307 e. The zero-order valence-corrected chi connectivity index (χ0v) is 11.8. The van der Waals surface area contributed by atoms with E-state index in [1.54, 1.807) is 11.3 Å². The van der Waals surface area contributed by atoms with Crippen LogP contribution < -0.4 is 5.32 Å². The molecule has 1 saturated carbocycles. The molecule has 0 radical (unpaired) electrons. The Morgan fingerprint density at radius 1 is 1.42 bits per heavy atom. The molecular weight excluding hydrogens is 262 g/mol. The Balaban J connectivity index is 1.92. The monoisotopic (exact) mass is 281 g/mol. The quantitative estimate of drug-likeness (QED) is 0.871. The van der Waals surface area contributed by atoms with E-state index in [1.165, 1.54) is 10.4 Å². The minimum atomic E-state index is -0.844. The Hall–Kier alpha value is -1.36. The Labute approximate surface area is 116 Å². The first-order valence-corrected chi connectivity index (χ1v) is 7.57. The van der Waals surface area contributed by atoms with Crippen molar-refractivity contribution >= 4 is 23.2 Å². The molecule has 4 nitrogen and oxygen atoms in total. The van der Waals surface area contributed by atoms with Gasteiger partial charge in [0.05, 0.1) is 18.4 Å². The molecule has 2 atom stereocenters. The van der Waals surface area contributed by atoms with Crippen molar-refractivity contribution < 1.29 is 14.7 Å². The van der Waals surface area contributed by atoms with Gasteiger partial charge in [-0.25, -0.2) is 0 Å². The number of nitrogens with one attached hydrogen (secondary N) is 1. The summed E-state index contributed by atoms with van der Waals surface area (Å²) in [4.78, 5) is 24.3. The molecule has 1 aromatic rings. The van der Waals surface area contributed by atoms with Crippen LogP contribution in [-0.2, 0) is 22.6 Å². The molecule has 1 aromatic heterocycles. The van der Waals surface area contributed by atoms with Crippen molar-refractivity contribution in [3.63, 3.8) is 0 Å². The van der Waals surface area contributed by atoms with E-state index in [4.69, 9.17) is 5.11 Å². The van der Waals surface area contributed by atoms with Gasteiger partial charge in [-0.05, 0) is 36.3 Å². The Bertz CT molecular complexity index is 469. The first-order chi connectivity index (χ1) is 9.13. The van der Waals surface area contributed by atoms with Crippen LogP contribution in [0.5, 0.6) is 0 Å². The molecule has 2 N–H and O–H groups in total. The molecule has 0 bridgehead atoms. The summed E-state index contributed by atoms with van der Waals surface area (Å²) in [7, 11) is 0. The molecule has 5 heteroatoms. The fourth-order valence-electron chi connectivity index (χ4n) is 2.71. The average Bonchev–Trinajstić information content (AvgIpc) is 3.04. The second-order valence-corrected chi connectivity index (χ2v) is 5.92. The highest BCUT2D eigenvalue weighted by Crippen LogP contribution is 2.32. The predicted molar refractivity (Wildman–Crippen MR) is 74.0 cm³/mol. The van der Waals surface area contributed by atoms with Crippen LogP contribution in [0.15, 0.2) is 11.4 Å². The highest BCUT2D eigenvalue weighted by molar-refractivity contribution is 7.10. The summed E-state index contributed by atoms with van der Waals surface area (Å²) in [6, 6.07) is 2.07. The van der Waals surface area contributed by atoms with Gasteiger partial charge in [-0.1, -0.05) is 13.3 Å². The summed E-state index contributed by atoms with van der Waals surface area (Å²) in [6.07, 6.45) is 3.09. The molecule has 19 heavy (non-hydrogen) atoms. The van der Waals surface area contributed by atoms with Gasteiger partial charge in [0.1, 0.15) is 0 Å². The fourth-order valence-corrected chi connectivity index (χ4v) is 3.62. The molecule has 1 amide bonds. The van der Waals surface area contributed by atoms with Crippen LogP contribution in [-0.4, -0.2) is 17.0 Å². The zero-order valence-electron chi connectivity index (χ0n) is 11.0. The highest BCUT2D eigenvalue weighted by atomic mass is 32.1. The van der Waals surface area contributed by atoms with Crippen molar-refractivity contribution in [2.75, 3.05) is 0 Å². The van der Waals surface area contributed by atoms with Crippen molar-refractivity contribution in [3.05, 3.63) is 21.9 Å².